The molecule has 2 heterocycles. The summed E-state index contributed by atoms with van der Waals surface area (Å²) < 4.78 is 0. The van der Waals surface area contributed by atoms with Crippen LogP contribution in [0.3, 0.4) is 0 Å². The molecular formula is C24H21ClN4O2. The smallest absolute Gasteiger partial charge is 0.335 e. The third-order valence-electron chi connectivity index (χ3n) is 5.81. The zero-order valence-corrected chi connectivity index (χ0v) is 17.4. The summed E-state index contributed by atoms with van der Waals surface area (Å²) in [5.41, 5.74) is 11.2. The van der Waals surface area contributed by atoms with E-state index in [0.717, 1.165) is 40.1 Å². The number of nitrogens with two attached hydrogens (primary N) is 1. The number of aromatic carboxylic acids is 1. The van der Waals surface area contributed by atoms with E-state index < -0.39 is 5.97 Å². The Morgan fingerprint density at radius 1 is 1.19 bits per heavy atom. The zero-order valence-electron chi connectivity index (χ0n) is 16.7. The molecule has 1 aliphatic carbocycles. The van der Waals surface area contributed by atoms with Crippen molar-refractivity contribution in [3.63, 3.8) is 0 Å². The molecule has 0 spiro atoms. The fraction of sp³-hybridized carbons (Fsp3) is 0.208. The van der Waals surface area contributed by atoms with Crippen molar-refractivity contribution in [1.29, 1.82) is 0 Å². The van der Waals surface area contributed by atoms with Crippen LogP contribution in [-0.2, 0) is 0 Å². The fourth-order valence-electron chi connectivity index (χ4n) is 3.94. The molecule has 1 fully saturated rings. The second kappa shape index (κ2) is 7.71. The molecule has 5 rings (SSSR count). The molecule has 0 bridgehead atoms. The van der Waals surface area contributed by atoms with Crippen molar-refractivity contribution < 1.29 is 9.90 Å². The monoisotopic (exact) mass is 432 g/mol. The van der Waals surface area contributed by atoms with Crippen molar-refractivity contribution in [2.45, 2.75) is 25.2 Å². The SMILES string of the molecule is Nc1ccc(Cl)cc1-c1ccc(C(CC2CC2)c2nc3ccc(C(=O)O)cc3[nH]2)nc1. The van der Waals surface area contributed by atoms with Gasteiger partial charge >= 0.3 is 5.97 Å². The third kappa shape index (κ3) is 3.99. The second-order valence-corrected chi connectivity index (χ2v) is 8.53. The van der Waals surface area contributed by atoms with E-state index >= 15 is 0 Å². The van der Waals surface area contributed by atoms with E-state index in [0.29, 0.717) is 16.6 Å². The number of hydrogen-bond acceptors (Lipinski definition) is 4. The lowest BCUT2D eigenvalue weighted by Gasteiger charge is -2.15. The number of aromatic amines is 1. The van der Waals surface area contributed by atoms with Crippen molar-refractivity contribution in [1.82, 2.24) is 15.0 Å². The number of nitrogens with zero attached hydrogens (tertiary/aromatic N) is 2. The lowest BCUT2D eigenvalue weighted by atomic mass is 9.96. The molecule has 0 radical (unpaired) electrons. The number of pyridine rings is 1. The number of rotatable bonds is 6. The molecule has 156 valence electrons. The molecule has 6 nitrogen and oxygen atoms in total. The van der Waals surface area contributed by atoms with Gasteiger partial charge in [0.05, 0.1) is 28.2 Å². The van der Waals surface area contributed by atoms with E-state index in [-0.39, 0.29) is 11.5 Å². The summed E-state index contributed by atoms with van der Waals surface area (Å²) >= 11 is 6.14. The first-order valence-corrected chi connectivity index (χ1v) is 10.6. The largest absolute Gasteiger partial charge is 0.478 e. The Hall–Kier alpha value is -3.38. The summed E-state index contributed by atoms with van der Waals surface area (Å²) in [7, 11) is 0. The summed E-state index contributed by atoms with van der Waals surface area (Å²) in [4.78, 5) is 24.1. The average Bonchev–Trinajstić information content (AvgIpc) is 3.49. The van der Waals surface area contributed by atoms with Crippen LogP contribution in [0.25, 0.3) is 22.2 Å². The molecule has 1 unspecified atom stereocenters. The number of nitrogens with one attached hydrogen (secondary N) is 1. The van der Waals surface area contributed by atoms with E-state index in [1.807, 2.05) is 24.4 Å². The molecular weight excluding hydrogens is 412 g/mol. The van der Waals surface area contributed by atoms with Crippen molar-refractivity contribution in [3.05, 3.63) is 76.8 Å². The maximum Gasteiger partial charge on any atom is 0.335 e. The minimum absolute atomic E-state index is 0.0129. The summed E-state index contributed by atoms with van der Waals surface area (Å²) in [6.45, 7) is 0. The highest BCUT2D eigenvalue weighted by Crippen LogP contribution is 2.41. The van der Waals surface area contributed by atoms with Gasteiger partial charge in [-0.15, -0.1) is 0 Å². The zero-order chi connectivity index (χ0) is 21.5. The van der Waals surface area contributed by atoms with Gasteiger partial charge in [-0.25, -0.2) is 9.78 Å². The fourth-order valence-corrected chi connectivity index (χ4v) is 4.11. The minimum atomic E-state index is -0.954. The number of hydrogen-bond donors (Lipinski definition) is 3. The number of aromatic nitrogens is 3. The van der Waals surface area contributed by atoms with Crippen LogP contribution in [0.4, 0.5) is 5.69 Å². The molecule has 4 aromatic rings. The molecule has 4 N–H and O–H groups in total. The van der Waals surface area contributed by atoms with Gasteiger partial charge in [-0.2, -0.15) is 0 Å². The van der Waals surface area contributed by atoms with Gasteiger partial charge in [-0.1, -0.05) is 30.5 Å². The molecule has 0 saturated heterocycles. The topological polar surface area (TPSA) is 105 Å². The van der Waals surface area contributed by atoms with Gasteiger partial charge < -0.3 is 15.8 Å². The van der Waals surface area contributed by atoms with Gasteiger partial charge in [0.1, 0.15) is 5.82 Å². The lowest BCUT2D eigenvalue weighted by molar-refractivity contribution is 0.0697. The normalized spacial score (nSPS) is 14.6. The molecule has 1 saturated carbocycles. The highest BCUT2D eigenvalue weighted by Gasteiger charge is 2.30. The number of carboxylic acids is 1. The standard InChI is InChI=1S/C24H21ClN4O2/c25-16-5-6-19(26)17(11-16)15-4-7-20(27-12-15)18(9-13-1-2-13)23-28-21-8-3-14(24(30)31)10-22(21)29-23/h3-8,10-13,18H,1-2,9,26H2,(H,28,29)(H,30,31). The van der Waals surface area contributed by atoms with Crippen molar-refractivity contribution in [2.24, 2.45) is 5.92 Å². The highest BCUT2D eigenvalue weighted by molar-refractivity contribution is 6.31. The first kappa shape index (κ1) is 19.6. The van der Waals surface area contributed by atoms with Crippen LogP contribution in [0, 0.1) is 5.92 Å². The molecule has 0 aliphatic heterocycles. The predicted molar refractivity (Wildman–Crippen MR) is 121 cm³/mol. The van der Waals surface area contributed by atoms with Crippen LogP contribution >= 0.6 is 11.6 Å². The molecule has 1 atom stereocenters. The van der Waals surface area contributed by atoms with E-state index in [9.17, 15) is 9.90 Å². The highest BCUT2D eigenvalue weighted by atomic mass is 35.5. The number of halogens is 1. The average molecular weight is 433 g/mol. The van der Waals surface area contributed by atoms with Crippen LogP contribution in [0.15, 0.2) is 54.7 Å². The number of imidazole rings is 1. The Morgan fingerprint density at radius 3 is 2.74 bits per heavy atom. The van der Waals surface area contributed by atoms with Crippen LogP contribution in [0.2, 0.25) is 5.02 Å². The molecule has 1 aliphatic rings. The summed E-state index contributed by atoms with van der Waals surface area (Å²) in [6.07, 6.45) is 5.22. The third-order valence-corrected chi connectivity index (χ3v) is 6.05. The molecule has 2 aromatic heterocycles. The van der Waals surface area contributed by atoms with Gasteiger partial charge in [0, 0.05) is 28.0 Å². The van der Waals surface area contributed by atoms with Crippen LogP contribution in [-0.4, -0.2) is 26.0 Å². The number of nitrogen functional groups attached to an aromatic ring is 1. The summed E-state index contributed by atoms with van der Waals surface area (Å²) in [5, 5.41) is 9.89. The number of anilines is 1. The summed E-state index contributed by atoms with van der Waals surface area (Å²) in [6, 6.07) is 14.4. The molecule has 0 amide bonds. The van der Waals surface area contributed by atoms with Crippen molar-refractivity contribution >= 4 is 34.3 Å². The number of fused-ring (bicyclic) bond motifs is 1. The number of carboxylic acid groups (broad SMARTS) is 1. The maximum absolute atomic E-state index is 11.3. The molecule has 2 aromatic carbocycles. The van der Waals surface area contributed by atoms with E-state index in [2.05, 4.69) is 4.98 Å². The number of benzene rings is 2. The van der Waals surface area contributed by atoms with Crippen molar-refractivity contribution in [3.8, 4) is 11.1 Å². The van der Waals surface area contributed by atoms with E-state index in [1.165, 1.54) is 12.8 Å². The predicted octanol–water partition coefficient (Wildman–Crippen LogP) is 5.49. The Bertz CT molecular complexity index is 1280. The Kier molecular flexibility index (Phi) is 4.87. The molecule has 7 heteroatoms. The molecule has 31 heavy (non-hydrogen) atoms. The van der Waals surface area contributed by atoms with Crippen molar-refractivity contribution in [2.75, 3.05) is 5.73 Å². The first-order valence-electron chi connectivity index (χ1n) is 10.2. The van der Waals surface area contributed by atoms with Gasteiger partial charge in [0.2, 0.25) is 0 Å². The number of carbonyl (C=O) groups is 1. The Labute approximate surface area is 184 Å². The quantitative estimate of drug-likeness (QED) is 0.349. The van der Waals surface area contributed by atoms with Crippen LogP contribution in [0.1, 0.15) is 47.1 Å². The van der Waals surface area contributed by atoms with Crippen LogP contribution < -0.4 is 5.73 Å². The van der Waals surface area contributed by atoms with E-state index in [4.69, 9.17) is 27.3 Å². The van der Waals surface area contributed by atoms with Gasteiger partial charge in [0.25, 0.3) is 0 Å². The lowest BCUT2D eigenvalue weighted by Crippen LogP contribution is -2.07. The second-order valence-electron chi connectivity index (χ2n) is 8.09. The summed E-state index contributed by atoms with van der Waals surface area (Å²) in [5.74, 6) is 0.536. The maximum atomic E-state index is 11.3. The Morgan fingerprint density at radius 2 is 2.03 bits per heavy atom. The van der Waals surface area contributed by atoms with Gasteiger partial charge in [-0.05, 0) is 54.8 Å². The van der Waals surface area contributed by atoms with Gasteiger partial charge in [0.15, 0.2) is 0 Å². The first-order chi connectivity index (χ1) is 15.0. The van der Waals surface area contributed by atoms with Gasteiger partial charge in [-0.3, -0.25) is 4.98 Å². The Balaban J connectivity index is 1.51. The number of H-pyrrole nitrogens is 1. The van der Waals surface area contributed by atoms with Crippen LogP contribution in [0.5, 0.6) is 0 Å². The van der Waals surface area contributed by atoms with E-state index in [1.54, 1.807) is 30.3 Å². The minimum Gasteiger partial charge on any atom is -0.478 e.